The SMILES string of the molecule is COc1cc2c(O[C@H]3CCC[C@@H](C)C3)c(C([O-])=Nc3nn[nH]n3)sc2cc1C. The number of benzene rings is 1. The van der Waals surface area contributed by atoms with Crippen molar-refractivity contribution in [2.75, 3.05) is 7.11 Å². The van der Waals surface area contributed by atoms with E-state index in [1.165, 1.54) is 17.8 Å². The summed E-state index contributed by atoms with van der Waals surface area (Å²) in [6, 6.07) is 3.95. The average molecular weight is 400 g/mol. The van der Waals surface area contributed by atoms with E-state index in [1.54, 1.807) is 7.11 Å². The summed E-state index contributed by atoms with van der Waals surface area (Å²) in [5.74, 6) is 1.53. The van der Waals surface area contributed by atoms with Crippen LogP contribution in [0.4, 0.5) is 5.95 Å². The molecule has 0 radical (unpaired) electrons. The molecule has 1 aromatic carbocycles. The van der Waals surface area contributed by atoms with Crippen LogP contribution in [-0.4, -0.2) is 39.7 Å². The van der Waals surface area contributed by atoms with Crippen LogP contribution in [0.25, 0.3) is 10.1 Å². The number of fused-ring (bicyclic) bond motifs is 1. The maximum absolute atomic E-state index is 12.9. The van der Waals surface area contributed by atoms with Crippen molar-refractivity contribution in [3.8, 4) is 11.5 Å². The number of tetrazole rings is 1. The second-order valence-electron chi connectivity index (χ2n) is 7.22. The number of rotatable bonds is 5. The van der Waals surface area contributed by atoms with Crippen LogP contribution in [0.1, 0.15) is 43.0 Å². The summed E-state index contributed by atoms with van der Waals surface area (Å²) < 4.78 is 12.8. The Balaban J connectivity index is 1.80. The first-order chi connectivity index (χ1) is 13.5. The highest BCUT2D eigenvalue weighted by Gasteiger charge is 2.24. The van der Waals surface area contributed by atoms with Crippen LogP contribution in [0.3, 0.4) is 0 Å². The molecule has 8 nitrogen and oxygen atoms in total. The normalized spacial score (nSPS) is 20.5. The van der Waals surface area contributed by atoms with Crippen LogP contribution in [-0.2, 0) is 0 Å². The molecule has 0 saturated heterocycles. The highest BCUT2D eigenvalue weighted by molar-refractivity contribution is 7.21. The van der Waals surface area contributed by atoms with Crippen LogP contribution < -0.4 is 14.6 Å². The number of nitrogens with one attached hydrogen (secondary N) is 1. The number of aryl methyl sites for hydroxylation is 1. The van der Waals surface area contributed by atoms with Crippen LogP contribution in [0.5, 0.6) is 11.5 Å². The quantitative estimate of drug-likeness (QED) is 0.521. The standard InChI is InChI=1S/C19H23N5O3S/c1-10-5-4-6-12(7-10)27-16-13-9-14(26-3)11(2)8-15(13)28-17(16)18(25)20-19-21-23-24-22-19/h8-10,12H,4-7H2,1-3H3,(H2,20,21,22,23,24,25)/p-1/t10-,12+/m1/s1. The van der Waals surface area contributed by atoms with E-state index in [1.807, 2.05) is 19.1 Å². The fraction of sp³-hybridized carbons (Fsp3) is 0.474. The Kier molecular flexibility index (Phi) is 5.17. The first kappa shape index (κ1) is 18.7. The largest absolute Gasteiger partial charge is 0.857 e. The van der Waals surface area contributed by atoms with Crippen molar-refractivity contribution < 1.29 is 14.6 Å². The van der Waals surface area contributed by atoms with Crippen LogP contribution in [0.2, 0.25) is 0 Å². The Hall–Kier alpha value is -2.68. The van der Waals surface area contributed by atoms with Gasteiger partial charge in [0.1, 0.15) is 11.5 Å². The fourth-order valence-electron chi connectivity index (χ4n) is 3.68. The molecular formula is C19H22N5O3S-. The molecular weight excluding hydrogens is 378 g/mol. The number of hydrogen-bond acceptors (Lipinski definition) is 8. The zero-order chi connectivity index (χ0) is 19.7. The van der Waals surface area contributed by atoms with Gasteiger partial charge in [-0.1, -0.05) is 18.4 Å². The lowest BCUT2D eigenvalue weighted by Crippen LogP contribution is -2.25. The molecule has 1 fully saturated rings. The lowest BCUT2D eigenvalue weighted by Gasteiger charge is -2.28. The van der Waals surface area contributed by atoms with Gasteiger partial charge in [0.25, 0.3) is 5.95 Å². The number of ether oxygens (including phenoxy) is 2. The summed E-state index contributed by atoms with van der Waals surface area (Å²) in [4.78, 5) is 4.41. The molecule has 0 aliphatic heterocycles. The predicted molar refractivity (Wildman–Crippen MR) is 106 cm³/mol. The summed E-state index contributed by atoms with van der Waals surface area (Å²) in [6.45, 7) is 4.22. The highest BCUT2D eigenvalue weighted by atomic mass is 32.1. The number of aliphatic imine (C=N–C) groups is 1. The molecule has 3 aromatic rings. The number of hydrogen-bond donors (Lipinski definition) is 1. The molecule has 1 aliphatic carbocycles. The summed E-state index contributed by atoms with van der Waals surface area (Å²) in [5, 5.41) is 27.0. The van der Waals surface area contributed by atoms with E-state index in [2.05, 4.69) is 32.5 Å². The Morgan fingerprint density at radius 1 is 1.36 bits per heavy atom. The van der Waals surface area contributed by atoms with Gasteiger partial charge < -0.3 is 14.6 Å². The molecule has 1 aliphatic rings. The molecule has 0 amide bonds. The Labute approximate surface area is 166 Å². The van der Waals surface area contributed by atoms with E-state index in [-0.39, 0.29) is 12.1 Å². The third kappa shape index (κ3) is 3.66. The number of methoxy groups -OCH3 is 1. The van der Waals surface area contributed by atoms with Gasteiger partial charge in [-0.15, -0.1) is 16.4 Å². The molecule has 0 bridgehead atoms. The van der Waals surface area contributed by atoms with Gasteiger partial charge in [-0.3, -0.25) is 0 Å². The zero-order valence-corrected chi connectivity index (χ0v) is 16.9. The lowest BCUT2D eigenvalue weighted by atomic mass is 9.88. The third-order valence-electron chi connectivity index (χ3n) is 5.06. The maximum atomic E-state index is 12.9. The first-order valence-electron chi connectivity index (χ1n) is 9.32. The van der Waals surface area contributed by atoms with Gasteiger partial charge in [0, 0.05) is 16.0 Å². The van der Waals surface area contributed by atoms with Crippen molar-refractivity contribution >= 4 is 33.3 Å². The van der Waals surface area contributed by atoms with E-state index in [9.17, 15) is 5.11 Å². The Morgan fingerprint density at radius 3 is 2.93 bits per heavy atom. The second kappa shape index (κ2) is 7.75. The molecule has 148 valence electrons. The number of H-pyrrole nitrogens is 1. The van der Waals surface area contributed by atoms with Gasteiger partial charge in [0.05, 0.1) is 18.1 Å². The summed E-state index contributed by atoms with van der Waals surface area (Å²) in [7, 11) is 1.64. The molecule has 1 saturated carbocycles. The molecule has 9 heteroatoms. The minimum Gasteiger partial charge on any atom is -0.857 e. The smallest absolute Gasteiger partial charge is 0.288 e. The van der Waals surface area contributed by atoms with E-state index >= 15 is 0 Å². The molecule has 4 rings (SSSR count). The number of thiophene rings is 1. The maximum Gasteiger partial charge on any atom is 0.288 e. The van der Waals surface area contributed by atoms with Gasteiger partial charge in [-0.05, 0) is 55.0 Å². The van der Waals surface area contributed by atoms with Gasteiger partial charge >= 0.3 is 0 Å². The molecule has 2 atom stereocenters. The van der Waals surface area contributed by atoms with Gasteiger partial charge in [0.2, 0.25) is 0 Å². The lowest BCUT2D eigenvalue weighted by molar-refractivity contribution is -0.212. The van der Waals surface area contributed by atoms with Crippen LogP contribution >= 0.6 is 11.3 Å². The van der Waals surface area contributed by atoms with E-state index in [0.29, 0.717) is 16.5 Å². The van der Waals surface area contributed by atoms with Gasteiger partial charge in [0.15, 0.2) is 0 Å². The molecule has 28 heavy (non-hydrogen) atoms. The summed E-state index contributed by atoms with van der Waals surface area (Å²) in [5.41, 5.74) is 1.00. The summed E-state index contributed by atoms with van der Waals surface area (Å²) >= 11 is 1.37. The van der Waals surface area contributed by atoms with Crippen LogP contribution in [0.15, 0.2) is 17.1 Å². The van der Waals surface area contributed by atoms with E-state index in [4.69, 9.17) is 9.47 Å². The van der Waals surface area contributed by atoms with Crippen molar-refractivity contribution in [3.05, 3.63) is 22.6 Å². The van der Waals surface area contributed by atoms with Crippen molar-refractivity contribution in [1.82, 2.24) is 20.6 Å². The topological polar surface area (TPSA) is 108 Å². The molecule has 0 unspecified atom stereocenters. The monoisotopic (exact) mass is 400 g/mol. The molecule has 0 spiro atoms. The molecule has 2 aromatic heterocycles. The zero-order valence-electron chi connectivity index (χ0n) is 16.1. The van der Waals surface area contributed by atoms with E-state index in [0.717, 1.165) is 40.7 Å². The Bertz CT molecular complexity index is 999. The van der Waals surface area contributed by atoms with Crippen molar-refractivity contribution in [2.45, 2.75) is 45.6 Å². The molecule has 2 heterocycles. The fourth-order valence-corrected chi connectivity index (χ4v) is 4.78. The highest BCUT2D eigenvalue weighted by Crippen LogP contribution is 2.42. The minimum atomic E-state index is -0.432. The van der Waals surface area contributed by atoms with Crippen LogP contribution in [0, 0.1) is 12.8 Å². The minimum absolute atomic E-state index is 0.00783. The van der Waals surface area contributed by atoms with Gasteiger partial charge in [-0.25, -0.2) is 4.99 Å². The molecule has 1 N–H and O–H groups in total. The van der Waals surface area contributed by atoms with Crippen molar-refractivity contribution in [2.24, 2.45) is 10.9 Å². The second-order valence-corrected chi connectivity index (χ2v) is 8.27. The van der Waals surface area contributed by atoms with E-state index < -0.39 is 5.90 Å². The van der Waals surface area contributed by atoms with Crippen molar-refractivity contribution in [1.29, 1.82) is 0 Å². The van der Waals surface area contributed by atoms with Gasteiger partial charge in [-0.2, -0.15) is 5.21 Å². The predicted octanol–water partition coefficient (Wildman–Crippen LogP) is 3.13. The third-order valence-corrected chi connectivity index (χ3v) is 6.18. The number of aromatic nitrogens is 4. The van der Waals surface area contributed by atoms with Crippen molar-refractivity contribution in [3.63, 3.8) is 0 Å². The number of aromatic amines is 1. The number of nitrogens with zero attached hydrogens (tertiary/aromatic N) is 4. The average Bonchev–Trinajstić information content (AvgIpc) is 3.29. The first-order valence-corrected chi connectivity index (χ1v) is 10.1. The summed E-state index contributed by atoms with van der Waals surface area (Å²) in [6.07, 6.45) is 4.41. The Morgan fingerprint density at radius 2 is 2.21 bits per heavy atom.